The SMILES string of the molecule is CCC(CCC(C)C(F)(F)F)C1=CCC(C2CCCC(C)CC2)CC1. The molecule has 2 aliphatic carbocycles. The summed E-state index contributed by atoms with van der Waals surface area (Å²) in [6.07, 6.45) is 10.8. The molecule has 0 spiro atoms. The van der Waals surface area contributed by atoms with Gasteiger partial charge < -0.3 is 0 Å². The van der Waals surface area contributed by atoms with Crippen molar-refractivity contribution >= 4 is 0 Å². The van der Waals surface area contributed by atoms with Gasteiger partial charge in [-0.05, 0) is 68.6 Å². The molecule has 1 saturated carbocycles. The van der Waals surface area contributed by atoms with Gasteiger partial charge >= 0.3 is 6.18 Å². The second-order valence-electron chi connectivity index (χ2n) is 8.81. The zero-order chi connectivity index (χ0) is 18.4. The summed E-state index contributed by atoms with van der Waals surface area (Å²) in [4.78, 5) is 0. The van der Waals surface area contributed by atoms with Crippen LogP contribution in [0.4, 0.5) is 13.2 Å². The maximum atomic E-state index is 12.7. The smallest absolute Gasteiger partial charge is 0.171 e. The molecule has 0 N–H and O–H groups in total. The van der Waals surface area contributed by atoms with Gasteiger partial charge in [0.05, 0.1) is 5.92 Å². The zero-order valence-electron chi connectivity index (χ0n) is 16.4. The van der Waals surface area contributed by atoms with Gasteiger partial charge in [0, 0.05) is 0 Å². The third-order valence-electron chi connectivity index (χ3n) is 6.98. The lowest BCUT2D eigenvalue weighted by Gasteiger charge is -2.32. The standard InChI is InChI=1S/C22H37F3/c1-4-18(11-9-17(3)22(23,24)25)20-12-14-21(15-13-20)19-7-5-6-16(2)8-10-19/h12,16-19,21H,4-11,13-15H2,1-3H3. The Morgan fingerprint density at radius 1 is 1.04 bits per heavy atom. The predicted octanol–water partition coefficient (Wildman–Crippen LogP) is 7.93. The monoisotopic (exact) mass is 358 g/mol. The molecule has 25 heavy (non-hydrogen) atoms. The van der Waals surface area contributed by atoms with Crippen LogP contribution in [0.2, 0.25) is 0 Å². The van der Waals surface area contributed by atoms with Crippen molar-refractivity contribution in [1.82, 2.24) is 0 Å². The minimum absolute atomic E-state index is 0.267. The Kier molecular flexibility index (Phi) is 7.89. The van der Waals surface area contributed by atoms with Crippen molar-refractivity contribution in [2.75, 3.05) is 0 Å². The van der Waals surface area contributed by atoms with Crippen LogP contribution < -0.4 is 0 Å². The molecule has 0 aromatic rings. The van der Waals surface area contributed by atoms with Crippen molar-refractivity contribution in [3.63, 3.8) is 0 Å². The third kappa shape index (κ3) is 6.32. The molecule has 2 rings (SSSR count). The van der Waals surface area contributed by atoms with Gasteiger partial charge in [-0.2, -0.15) is 13.2 Å². The number of rotatable bonds is 6. The van der Waals surface area contributed by atoms with Gasteiger partial charge in [-0.15, -0.1) is 0 Å². The maximum absolute atomic E-state index is 12.7. The van der Waals surface area contributed by atoms with Gasteiger partial charge in [0.1, 0.15) is 0 Å². The summed E-state index contributed by atoms with van der Waals surface area (Å²) < 4.78 is 38.2. The van der Waals surface area contributed by atoms with Crippen LogP contribution in [0, 0.1) is 29.6 Å². The molecular formula is C22H37F3. The van der Waals surface area contributed by atoms with Crippen LogP contribution in [0.25, 0.3) is 0 Å². The number of alkyl halides is 3. The molecule has 1 fully saturated rings. The Balaban J connectivity index is 1.85. The van der Waals surface area contributed by atoms with Crippen LogP contribution in [0.3, 0.4) is 0 Å². The number of allylic oxidation sites excluding steroid dienone is 2. The van der Waals surface area contributed by atoms with Crippen LogP contribution in [0.15, 0.2) is 11.6 Å². The van der Waals surface area contributed by atoms with Crippen molar-refractivity contribution in [2.24, 2.45) is 29.6 Å². The van der Waals surface area contributed by atoms with Crippen LogP contribution in [0.5, 0.6) is 0 Å². The van der Waals surface area contributed by atoms with Gasteiger partial charge in [0.2, 0.25) is 0 Å². The molecular weight excluding hydrogens is 321 g/mol. The van der Waals surface area contributed by atoms with Crippen molar-refractivity contribution in [1.29, 1.82) is 0 Å². The fraction of sp³-hybridized carbons (Fsp3) is 0.909. The summed E-state index contributed by atoms with van der Waals surface area (Å²) in [5, 5.41) is 0. The minimum atomic E-state index is -4.04. The first kappa shape index (κ1) is 20.8. The minimum Gasteiger partial charge on any atom is -0.171 e. The summed E-state index contributed by atoms with van der Waals surface area (Å²) in [6.45, 7) is 5.84. The first-order valence-corrected chi connectivity index (χ1v) is 10.6. The first-order chi connectivity index (χ1) is 11.8. The Labute approximate surface area is 152 Å². The lowest BCUT2D eigenvalue weighted by Crippen LogP contribution is -2.22. The molecule has 3 heteroatoms. The molecule has 0 bridgehead atoms. The second-order valence-corrected chi connectivity index (χ2v) is 8.81. The average molecular weight is 359 g/mol. The maximum Gasteiger partial charge on any atom is 0.391 e. The third-order valence-corrected chi connectivity index (χ3v) is 6.98. The fourth-order valence-corrected chi connectivity index (χ4v) is 4.93. The van der Waals surface area contributed by atoms with E-state index in [2.05, 4.69) is 19.9 Å². The van der Waals surface area contributed by atoms with Crippen LogP contribution in [0.1, 0.15) is 91.4 Å². The van der Waals surface area contributed by atoms with Crippen LogP contribution >= 0.6 is 0 Å². The van der Waals surface area contributed by atoms with Crippen molar-refractivity contribution in [2.45, 2.75) is 97.6 Å². The number of hydrogen-bond donors (Lipinski definition) is 0. The molecule has 146 valence electrons. The van der Waals surface area contributed by atoms with E-state index >= 15 is 0 Å². The summed E-state index contributed by atoms with van der Waals surface area (Å²) >= 11 is 0. The molecule has 0 heterocycles. The summed E-state index contributed by atoms with van der Waals surface area (Å²) in [5.74, 6) is 1.78. The highest BCUT2D eigenvalue weighted by atomic mass is 19.4. The Bertz CT molecular complexity index is 423. The summed E-state index contributed by atoms with van der Waals surface area (Å²) in [7, 11) is 0. The quantitative estimate of drug-likeness (QED) is 0.334. The number of hydrogen-bond acceptors (Lipinski definition) is 0. The second kappa shape index (κ2) is 9.46. The van der Waals surface area contributed by atoms with E-state index in [0.717, 1.165) is 30.6 Å². The first-order valence-electron chi connectivity index (χ1n) is 10.6. The van der Waals surface area contributed by atoms with Crippen LogP contribution in [-0.4, -0.2) is 6.18 Å². The lowest BCUT2D eigenvalue weighted by molar-refractivity contribution is -0.171. The Morgan fingerprint density at radius 2 is 1.80 bits per heavy atom. The normalized spacial score (nSPS) is 31.1. The topological polar surface area (TPSA) is 0 Å². The molecule has 0 radical (unpaired) electrons. The van der Waals surface area contributed by atoms with Crippen LogP contribution in [-0.2, 0) is 0 Å². The van der Waals surface area contributed by atoms with Crippen molar-refractivity contribution in [3.05, 3.63) is 11.6 Å². The summed E-state index contributed by atoms with van der Waals surface area (Å²) in [6, 6.07) is 0. The zero-order valence-corrected chi connectivity index (χ0v) is 16.4. The van der Waals surface area contributed by atoms with E-state index in [4.69, 9.17) is 0 Å². The molecule has 0 nitrogen and oxygen atoms in total. The van der Waals surface area contributed by atoms with E-state index < -0.39 is 12.1 Å². The lowest BCUT2D eigenvalue weighted by atomic mass is 9.74. The fourth-order valence-electron chi connectivity index (χ4n) is 4.93. The molecule has 0 aromatic heterocycles. The molecule has 0 aliphatic heterocycles. The highest BCUT2D eigenvalue weighted by Crippen LogP contribution is 2.41. The molecule has 0 amide bonds. The summed E-state index contributed by atoms with van der Waals surface area (Å²) in [5.41, 5.74) is 1.45. The van der Waals surface area contributed by atoms with Gasteiger partial charge in [-0.3, -0.25) is 0 Å². The van der Waals surface area contributed by atoms with E-state index in [1.165, 1.54) is 57.4 Å². The van der Waals surface area contributed by atoms with Gasteiger partial charge in [-0.25, -0.2) is 0 Å². The largest absolute Gasteiger partial charge is 0.391 e. The molecule has 0 saturated heterocycles. The molecule has 2 aliphatic rings. The van der Waals surface area contributed by atoms with E-state index in [9.17, 15) is 13.2 Å². The molecule has 0 aromatic carbocycles. The molecule has 5 atom stereocenters. The Hall–Kier alpha value is -0.470. The molecule has 5 unspecified atom stereocenters. The van der Waals surface area contributed by atoms with E-state index in [0.29, 0.717) is 12.3 Å². The van der Waals surface area contributed by atoms with Gasteiger partial charge in [0.25, 0.3) is 0 Å². The van der Waals surface area contributed by atoms with E-state index in [1.54, 1.807) is 0 Å². The van der Waals surface area contributed by atoms with Crippen molar-refractivity contribution in [3.8, 4) is 0 Å². The Morgan fingerprint density at radius 3 is 2.40 bits per heavy atom. The number of halogens is 3. The highest BCUT2D eigenvalue weighted by molar-refractivity contribution is 5.11. The van der Waals surface area contributed by atoms with Gasteiger partial charge in [0.15, 0.2) is 0 Å². The van der Waals surface area contributed by atoms with E-state index in [1.807, 2.05) is 0 Å². The average Bonchev–Trinajstić information content (AvgIpc) is 2.79. The highest BCUT2D eigenvalue weighted by Gasteiger charge is 2.36. The van der Waals surface area contributed by atoms with E-state index in [-0.39, 0.29) is 6.42 Å². The predicted molar refractivity (Wildman–Crippen MR) is 99.4 cm³/mol. The van der Waals surface area contributed by atoms with Gasteiger partial charge in [-0.1, -0.05) is 58.1 Å². The van der Waals surface area contributed by atoms with Crippen molar-refractivity contribution < 1.29 is 13.2 Å².